The summed E-state index contributed by atoms with van der Waals surface area (Å²) in [6, 6.07) is 47.6. The van der Waals surface area contributed by atoms with Gasteiger partial charge in [0.05, 0.1) is 16.7 Å². The van der Waals surface area contributed by atoms with Gasteiger partial charge in [-0.1, -0.05) is 104 Å². The van der Waals surface area contributed by atoms with Gasteiger partial charge in [0.1, 0.15) is 5.76 Å². The second-order valence-electron chi connectivity index (χ2n) is 11.5. The molecule has 0 bridgehead atoms. The number of fused-ring (bicyclic) bond motifs is 8. The van der Waals surface area contributed by atoms with Gasteiger partial charge in [-0.15, -0.1) is 0 Å². The van der Waals surface area contributed by atoms with E-state index in [4.69, 9.17) is 4.42 Å². The van der Waals surface area contributed by atoms with Gasteiger partial charge in [-0.25, -0.2) is 0 Å². The molecule has 1 aliphatic carbocycles. The Morgan fingerprint density at radius 1 is 0.556 bits per heavy atom. The van der Waals surface area contributed by atoms with E-state index in [1.807, 2.05) is 18.2 Å². The third-order valence-electron chi connectivity index (χ3n) is 8.84. The van der Waals surface area contributed by atoms with Crippen LogP contribution in [0.4, 0.5) is 17.1 Å². The summed E-state index contributed by atoms with van der Waals surface area (Å²) in [6.45, 7) is 4.10. The van der Waals surface area contributed by atoms with Gasteiger partial charge in [-0.05, 0) is 77.0 Å². The number of allylic oxidation sites excluding steroid dienone is 3. The highest BCUT2D eigenvalue weighted by atomic mass is 16.3. The van der Waals surface area contributed by atoms with E-state index in [9.17, 15) is 0 Å². The lowest BCUT2D eigenvalue weighted by atomic mass is 10.0. The van der Waals surface area contributed by atoms with Crippen LogP contribution in [0.25, 0.3) is 61.4 Å². The number of aromatic nitrogens is 1. The van der Waals surface area contributed by atoms with Crippen LogP contribution >= 0.6 is 0 Å². The third kappa shape index (κ3) is 3.98. The van der Waals surface area contributed by atoms with E-state index in [0.717, 1.165) is 50.6 Å². The van der Waals surface area contributed by atoms with Crippen molar-refractivity contribution in [2.45, 2.75) is 0 Å². The Balaban J connectivity index is 1.29. The molecule has 8 aromatic rings. The zero-order valence-electron chi connectivity index (χ0n) is 24.5. The first-order chi connectivity index (χ1) is 22.2. The van der Waals surface area contributed by atoms with Crippen molar-refractivity contribution in [3.8, 4) is 5.69 Å². The van der Waals surface area contributed by atoms with E-state index in [0.29, 0.717) is 0 Å². The number of anilines is 3. The van der Waals surface area contributed by atoms with E-state index in [1.165, 1.54) is 32.6 Å². The summed E-state index contributed by atoms with van der Waals surface area (Å²) in [5, 5.41) is 6.11. The molecule has 0 N–H and O–H groups in total. The monoisotopic (exact) mass is 576 g/mol. The van der Waals surface area contributed by atoms with Crippen molar-refractivity contribution in [1.82, 2.24) is 4.57 Å². The SMILES string of the molecule is C=C1C=Cc2oc3c(N(c4ccccc4)c4cccc(-n5c6ccccc6c6c7ccccc7ccc65)c4)cccc3c2C=C1. The summed E-state index contributed by atoms with van der Waals surface area (Å²) in [5.41, 5.74) is 9.43. The Morgan fingerprint density at radius 3 is 2.20 bits per heavy atom. The van der Waals surface area contributed by atoms with Gasteiger partial charge in [0, 0.05) is 38.8 Å². The second-order valence-corrected chi connectivity index (χ2v) is 11.5. The molecule has 0 saturated heterocycles. The van der Waals surface area contributed by atoms with Crippen molar-refractivity contribution >= 4 is 72.8 Å². The molecule has 212 valence electrons. The zero-order chi connectivity index (χ0) is 29.9. The molecule has 3 heteroatoms. The first kappa shape index (κ1) is 25.4. The largest absolute Gasteiger partial charge is 0.454 e. The molecule has 2 heterocycles. The number of benzene rings is 6. The number of rotatable bonds is 4. The van der Waals surface area contributed by atoms with Crippen LogP contribution in [0.3, 0.4) is 0 Å². The Labute approximate surface area is 260 Å². The van der Waals surface area contributed by atoms with Crippen molar-refractivity contribution in [2.75, 3.05) is 4.90 Å². The summed E-state index contributed by atoms with van der Waals surface area (Å²) >= 11 is 0. The molecule has 0 radical (unpaired) electrons. The Kier molecular flexibility index (Phi) is 5.66. The predicted octanol–water partition coefficient (Wildman–Crippen LogP) is 11.7. The average Bonchev–Trinajstić information content (AvgIpc) is 3.56. The molecule has 3 nitrogen and oxygen atoms in total. The van der Waals surface area contributed by atoms with Crippen LogP contribution in [0.1, 0.15) is 11.3 Å². The van der Waals surface area contributed by atoms with Gasteiger partial charge in [-0.2, -0.15) is 0 Å². The molecule has 0 spiro atoms. The van der Waals surface area contributed by atoms with Crippen LogP contribution in [0.2, 0.25) is 0 Å². The minimum absolute atomic E-state index is 0.839. The molecule has 0 unspecified atom stereocenters. The molecule has 9 rings (SSSR count). The highest BCUT2D eigenvalue weighted by Crippen LogP contribution is 2.43. The second kappa shape index (κ2) is 10.0. The highest BCUT2D eigenvalue weighted by Gasteiger charge is 2.22. The van der Waals surface area contributed by atoms with Gasteiger partial charge in [-0.3, -0.25) is 0 Å². The number of nitrogens with zero attached hydrogens (tertiary/aromatic N) is 2. The number of hydrogen-bond acceptors (Lipinski definition) is 2. The Bertz CT molecular complexity index is 2510. The van der Waals surface area contributed by atoms with Crippen LogP contribution in [0, 0.1) is 0 Å². The number of para-hydroxylation sites is 3. The summed E-state index contributed by atoms with van der Waals surface area (Å²) in [4.78, 5) is 2.30. The van der Waals surface area contributed by atoms with Crippen molar-refractivity contribution in [1.29, 1.82) is 0 Å². The standard InChI is InChI=1S/C42H28N2O/c1-28-21-24-34-35-18-10-20-39(42(35)45-40(34)26-22-28)43(30-12-3-2-4-13-30)31-14-9-15-32(27-31)44-37-19-8-7-17-36(37)41-33-16-6-5-11-29(33)23-25-38(41)44/h2-27H,1H2. The van der Waals surface area contributed by atoms with Crippen molar-refractivity contribution in [2.24, 2.45) is 0 Å². The van der Waals surface area contributed by atoms with Gasteiger partial charge >= 0.3 is 0 Å². The third-order valence-corrected chi connectivity index (χ3v) is 8.84. The van der Waals surface area contributed by atoms with Crippen LogP contribution in [0.15, 0.2) is 162 Å². The Hall–Kier alpha value is -6.06. The quantitative estimate of drug-likeness (QED) is 0.208. The highest BCUT2D eigenvalue weighted by molar-refractivity contribution is 6.21. The molecular formula is C42H28N2O. The molecule has 1 aliphatic rings. The van der Waals surface area contributed by atoms with Crippen LogP contribution in [-0.2, 0) is 0 Å². The maximum absolute atomic E-state index is 6.61. The summed E-state index contributed by atoms with van der Waals surface area (Å²) in [7, 11) is 0. The minimum Gasteiger partial charge on any atom is -0.454 e. The van der Waals surface area contributed by atoms with Crippen molar-refractivity contribution in [3.05, 3.63) is 169 Å². The van der Waals surface area contributed by atoms with E-state index in [2.05, 4.69) is 156 Å². The molecule has 0 aliphatic heterocycles. The Morgan fingerprint density at radius 2 is 1.29 bits per heavy atom. The molecule has 0 atom stereocenters. The van der Waals surface area contributed by atoms with Gasteiger partial charge in [0.25, 0.3) is 0 Å². The lowest BCUT2D eigenvalue weighted by molar-refractivity contribution is 0.604. The molecule has 6 aromatic carbocycles. The maximum atomic E-state index is 6.61. The first-order valence-electron chi connectivity index (χ1n) is 15.2. The fourth-order valence-electron chi connectivity index (χ4n) is 6.84. The van der Waals surface area contributed by atoms with Crippen LogP contribution in [0.5, 0.6) is 0 Å². The average molecular weight is 577 g/mol. The molecular weight excluding hydrogens is 548 g/mol. The van der Waals surface area contributed by atoms with E-state index in [1.54, 1.807) is 0 Å². The topological polar surface area (TPSA) is 21.3 Å². The smallest absolute Gasteiger partial charge is 0.159 e. The first-order valence-corrected chi connectivity index (χ1v) is 15.2. The molecule has 2 aromatic heterocycles. The van der Waals surface area contributed by atoms with Gasteiger partial charge in [0.15, 0.2) is 5.58 Å². The van der Waals surface area contributed by atoms with Crippen molar-refractivity contribution in [3.63, 3.8) is 0 Å². The van der Waals surface area contributed by atoms with Gasteiger partial charge in [0.2, 0.25) is 0 Å². The minimum atomic E-state index is 0.839. The van der Waals surface area contributed by atoms with Crippen LogP contribution < -0.4 is 4.90 Å². The van der Waals surface area contributed by atoms with Gasteiger partial charge < -0.3 is 13.9 Å². The molecule has 0 amide bonds. The lowest BCUT2D eigenvalue weighted by Crippen LogP contribution is -2.10. The maximum Gasteiger partial charge on any atom is 0.159 e. The van der Waals surface area contributed by atoms with Crippen LogP contribution in [-0.4, -0.2) is 4.57 Å². The van der Waals surface area contributed by atoms with Crippen molar-refractivity contribution < 1.29 is 4.42 Å². The summed E-state index contributed by atoms with van der Waals surface area (Å²) < 4.78 is 9.00. The normalized spacial score (nSPS) is 12.8. The number of hydrogen-bond donors (Lipinski definition) is 0. The van der Waals surface area contributed by atoms with E-state index >= 15 is 0 Å². The van der Waals surface area contributed by atoms with E-state index < -0.39 is 0 Å². The zero-order valence-corrected chi connectivity index (χ0v) is 24.5. The van der Waals surface area contributed by atoms with E-state index in [-0.39, 0.29) is 0 Å². The number of furan rings is 1. The summed E-state index contributed by atoms with van der Waals surface area (Å²) in [5.74, 6) is 0.839. The summed E-state index contributed by atoms with van der Waals surface area (Å²) in [6.07, 6.45) is 8.16. The molecule has 0 saturated carbocycles. The molecule has 45 heavy (non-hydrogen) atoms. The fourth-order valence-corrected chi connectivity index (χ4v) is 6.84. The lowest BCUT2D eigenvalue weighted by Gasteiger charge is -2.26. The molecule has 0 fully saturated rings. The predicted molar refractivity (Wildman–Crippen MR) is 190 cm³/mol. The fraction of sp³-hybridized carbons (Fsp3) is 0.